The summed E-state index contributed by atoms with van der Waals surface area (Å²) in [4.78, 5) is 27.3. The van der Waals surface area contributed by atoms with Gasteiger partial charge in [-0.2, -0.15) is 4.31 Å². The number of hydrogen-bond donors (Lipinski definition) is 1. The zero-order valence-electron chi connectivity index (χ0n) is 21.1. The van der Waals surface area contributed by atoms with Crippen molar-refractivity contribution in [1.82, 2.24) is 14.5 Å². The minimum absolute atomic E-state index is 0.140. The lowest BCUT2D eigenvalue weighted by atomic mass is 10.1. The standard InChI is InChI=1S/C26H33N3O7S/c1-4-13-27-26(31)20(2)29(18-21-5-7-22(34-3)8-6-21)25(30)19-36-23-9-11-24(12-10-23)37(32,33)28-14-16-35-17-15-28/h4-12,20H,1,13-19H2,2-3H3,(H,27,31)/t20-/m1/s1. The van der Waals surface area contributed by atoms with Crippen LogP contribution in [0.1, 0.15) is 12.5 Å². The SMILES string of the molecule is C=CCNC(=O)[C@@H](C)N(Cc1ccc(OC)cc1)C(=O)COc1ccc(S(=O)(=O)N2CCOCC2)cc1. The van der Waals surface area contributed by atoms with Gasteiger partial charge in [0.05, 0.1) is 25.2 Å². The summed E-state index contributed by atoms with van der Waals surface area (Å²) in [5, 5.41) is 2.71. The Morgan fingerprint density at radius 1 is 1.11 bits per heavy atom. The molecule has 37 heavy (non-hydrogen) atoms. The lowest BCUT2D eigenvalue weighted by Crippen LogP contribution is -2.49. The van der Waals surface area contributed by atoms with Crippen molar-refractivity contribution < 1.29 is 32.2 Å². The Hall–Kier alpha value is -3.41. The highest BCUT2D eigenvalue weighted by molar-refractivity contribution is 7.89. The van der Waals surface area contributed by atoms with Crippen LogP contribution in [0.15, 0.2) is 66.1 Å². The minimum atomic E-state index is -3.63. The number of rotatable bonds is 12. The maximum atomic E-state index is 13.2. The van der Waals surface area contributed by atoms with E-state index in [1.54, 1.807) is 32.2 Å². The number of benzene rings is 2. The molecule has 0 bridgehead atoms. The fraction of sp³-hybridized carbons (Fsp3) is 0.385. The van der Waals surface area contributed by atoms with Crippen LogP contribution in [0.3, 0.4) is 0 Å². The van der Waals surface area contributed by atoms with Crippen molar-refractivity contribution in [3.63, 3.8) is 0 Å². The molecule has 0 aliphatic carbocycles. The zero-order valence-corrected chi connectivity index (χ0v) is 21.9. The predicted molar refractivity (Wildman–Crippen MR) is 138 cm³/mol. The highest BCUT2D eigenvalue weighted by atomic mass is 32.2. The van der Waals surface area contributed by atoms with Gasteiger partial charge in [0.15, 0.2) is 6.61 Å². The topological polar surface area (TPSA) is 114 Å². The molecule has 0 radical (unpaired) electrons. The zero-order chi connectivity index (χ0) is 26.8. The first kappa shape index (κ1) is 28.2. The third kappa shape index (κ3) is 7.54. The molecule has 1 fully saturated rings. The van der Waals surface area contributed by atoms with Gasteiger partial charge in [0.2, 0.25) is 15.9 Å². The van der Waals surface area contributed by atoms with Gasteiger partial charge in [-0.25, -0.2) is 8.42 Å². The van der Waals surface area contributed by atoms with Crippen LogP contribution in [0, 0.1) is 0 Å². The molecule has 0 saturated carbocycles. The number of carbonyl (C=O) groups excluding carboxylic acids is 2. The molecule has 0 aromatic heterocycles. The summed E-state index contributed by atoms with van der Waals surface area (Å²) >= 11 is 0. The largest absolute Gasteiger partial charge is 0.497 e. The van der Waals surface area contributed by atoms with Gasteiger partial charge in [0, 0.05) is 26.2 Å². The summed E-state index contributed by atoms with van der Waals surface area (Å²) < 4.78 is 43.0. The van der Waals surface area contributed by atoms with Crippen LogP contribution in [0.5, 0.6) is 11.5 Å². The monoisotopic (exact) mass is 531 g/mol. The van der Waals surface area contributed by atoms with E-state index in [-0.39, 0.29) is 30.5 Å². The van der Waals surface area contributed by atoms with Crippen molar-refractivity contribution in [2.45, 2.75) is 24.4 Å². The molecule has 1 aliphatic heterocycles. The number of amides is 2. The summed E-state index contributed by atoms with van der Waals surface area (Å²) in [6.45, 7) is 6.70. The summed E-state index contributed by atoms with van der Waals surface area (Å²) in [6, 6.07) is 12.4. The second-order valence-electron chi connectivity index (χ2n) is 8.36. The highest BCUT2D eigenvalue weighted by Crippen LogP contribution is 2.21. The Bertz CT molecular complexity index is 1160. The minimum Gasteiger partial charge on any atom is -0.497 e. The summed E-state index contributed by atoms with van der Waals surface area (Å²) in [5.41, 5.74) is 0.815. The third-order valence-corrected chi connectivity index (χ3v) is 7.81. The number of carbonyl (C=O) groups is 2. The number of ether oxygens (including phenoxy) is 3. The molecular weight excluding hydrogens is 498 g/mol. The molecule has 11 heteroatoms. The molecular formula is C26H33N3O7S. The van der Waals surface area contributed by atoms with Gasteiger partial charge in [0.1, 0.15) is 17.5 Å². The first-order valence-corrected chi connectivity index (χ1v) is 13.3. The molecule has 0 unspecified atom stereocenters. The maximum absolute atomic E-state index is 13.2. The fourth-order valence-electron chi connectivity index (χ4n) is 3.70. The fourth-order valence-corrected chi connectivity index (χ4v) is 5.11. The van der Waals surface area contributed by atoms with Crippen molar-refractivity contribution in [2.24, 2.45) is 0 Å². The molecule has 1 aliphatic rings. The Labute approximate surface area is 217 Å². The van der Waals surface area contributed by atoms with E-state index in [4.69, 9.17) is 14.2 Å². The average molecular weight is 532 g/mol. The van der Waals surface area contributed by atoms with E-state index in [1.807, 2.05) is 12.1 Å². The van der Waals surface area contributed by atoms with Crippen LogP contribution in [0.2, 0.25) is 0 Å². The van der Waals surface area contributed by atoms with Gasteiger partial charge >= 0.3 is 0 Å². The van der Waals surface area contributed by atoms with Crippen LogP contribution in [0.4, 0.5) is 0 Å². The first-order valence-electron chi connectivity index (χ1n) is 11.9. The summed E-state index contributed by atoms with van der Waals surface area (Å²) in [7, 11) is -2.06. The van der Waals surface area contributed by atoms with Crippen molar-refractivity contribution >= 4 is 21.8 Å². The number of methoxy groups -OCH3 is 1. The molecule has 10 nitrogen and oxygen atoms in total. The van der Waals surface area contributed by atoms with E-state index in [0.717, 1.165) is 5.56 Å². The van der Waals surface area contributed by atoms with Crippen molar-refractivity contribution in [3.8, 4) is 11.5 Å². The van der Waals surface area contributed by atoms with Crippen molar-refractivity contribution in [1.29, 1.82) is 0 Å². The second-order valence-corrected chi connectivity index (χ2v) is 10.3. The third-order valence-electron chi connectivity index (χ3n) is 5.89. The Morgan fingerprint density at radius 2 is 1.73 bits per heavy atom. The summed E-state index contributed by atoms with van der Waals surface area (Å²) in [5.74, 6) is 0.296. The molecule has 1 atom stereocenters. The van der Waals surface area contributed by atoms with Gasteiger partial charge < -0.3 is 24.4 Å². The molecule has 2 amide bonds. The first-order chi connectivity index (χ1) is 17.8. The van der Waals surface area contributed by atoms with Gasteiger partial charge in [0.25, 0.3) is 5.91 Å². The maximum Gasteiger partial charge on any atom is 0.261 e. The molecule has 1 heterocycles. The molecule has 200 valence electrons. The highest BCUT2D eigenvalue weighted by Gasteiger charge is 2.28. The number of morpholine rings is 1. The number of nitrogens with zero attached hydrogens (tertiary/aromatic N) is 2. The van der Waals surface area contributed by atoms with Crippen LogP contribution < -0.4 is 14.8 Å². The van der Waals surface area contributed by atoms with Crippen LogP contribution in [-0.2, 0) is 30.9 Å². The second kappa shape index (κ2) is 13.2. The van der Waals surface area contributed by atoms with E-state index in [1.165, 1.54) is 33.5 Å². The van der Waals surface area contributed by atoms with Gasteiger partial charge in [-0.05, 0) is 48.9 Å². The predicted octanol–water partition coefficient (Wildman–Crippen LogP) is 1.81. The molecule has 0 spiro atoms. The van der Waals surface area contributed by atoms with Gasteiger partial charge in [-0.3, -0.25) is 9.59 Å². The summed E-state index contributed by atoms with van der Waals surface area (Å²) in [6.07, 6.45) is 1.56. The van der Waals surface area contributed by atoms with E-state index in [2.05, 4.69) is 11.9 Å². The number of sulfonamides is 1. The lowest BCUT2D eigenvalue weighted by molar-refractivity contribution is -0.142. The quantitative estimate of drug-likeness (QED) is 0.416. The Morgan fingerprint density at radius 3 is 2.32 bits per heavy atom. The van der Waals surface area contributed by atoms with Crippen LogP contribution >= 0.6 is 0 Å². The normalized spacial score (nSPS) is 14.9. The van der Waals surface area contributed by atoms with Crippen LogP contribution in [0.25, 0.3) is 0 Å². The van der Waals surface area contributed by atoms with Crippen LogP contribution in [-0.4, -0.2) is 82.0 Å². The molecule has 2 aromatic carbocycles. The van der Waals surface area contributed by atoms with Crippen molar-refractivity contribution in [3.05, 3.63) is 66.7 Å². The van der Waals surface area contributed by atoms with E-state index in [0.29, 0.717) is 37.8 Å². The Balaban J connectivity index is 1.68. The molecule has 1 saturated heterocycles. The number of hydrogen-bond acceptors (Lipinski definition) is 7. The lowest BCUT2D eigenvalue weighted by Gasteiger charge is -2.28. The van der Waals surface area contributed by atoms with Crippen molar-refractivity contribution in [2.75, 3.05) is 46.6 Å². The molecule has 1 N–H and O–H groups in total. The Kier molecular flexibility index (Phi) is 10.1. The average Bonchev–Trinajstić information content (AvgIpc) is 2.94. The van der Waals surface area contributed by atoms with E-state index >= 15 is 0 Å². The van der Waals surface area contributed by atoms with E-state index < -0.39 is 22.0 Å². The molecule has 3 rings (SSSR count). The van der Waals surface area contributed by atoms with Gasteiger partial charge in [-0.1, -0.05) is 18.2 Å². The molecule has 2 aromatic rings. The van der Waals surface area contributed by atoms with E-state index in [9.17, 15) is 18.0 Å². The van der Waals surface area contributed by atoms with Gasteiger partial charge in [-0.15, -0.1) is 6.58 Å². The number of nitrogens with one attached hydrogen (secondary N) is 1. The smallest absolute Gasteiger partial charge is 0.261 e.